The molecule has 1 atom stereocenters. The molecule has 2 aromatic carbocycles. The summed E-state index contributed by atoms with van der Waals surface area (Å²) in [5.41, 5.74) is 3.37. The second-order valence-electron chi connectivity index (χ2n) is 6.64. The number of amides is 2. The molecule has 0 saturated heterocycles. The lowest BCUT2D eigenvalue weighted by molar-refractivity contribution is -0.116. The number of benzene rings is 2. The van der Waals surface area contributed by atoms with Gasteiger partial charge in [-0.25, -0.2) is 0 Å². The van der Waals surface area contributed by atoms with Crippen molar-refractivity contribution in [1.82, 2.24) is 5.32 Å². The molecule has 0 heterocycles. The van der Waals surface area contributed by atoms with Crippen molar-refractivity contribution in [3.8, 4) is 0 Å². The van der Waals surface area contributed by atoms with Gasteiger partial charge in [-0.2, -0.15) is 0 Å². The van der Waals surface area contributed by atoms with Gasteiger partial charge >= 0.3 is 0 Å². The lowest BCUT2D eigenvalue weighted by atomic mass is 9.85. The van der Waals surface area contributed by atoms with E-state index in [1.54, 1.807) is 25.2 Å². The highest BCUT2D eigenvalue weighted by molar-refractivity contribution is 6.03. The molecule has 4 heteroatoms. The molecule has 0 aromatic heterocycles. The fourth-order valence-corrected chi connectivity index (χ4v) is 2.88. The molecule has 1 unspecified atom stereocenters. The zero-order valence-corrected chi connectivity index (χ0v) is 15.3. The first-order valence-electron chi connectivity index (χ1n) is 8.60. The Morgan fingerprint density at radius 3 is 2.24 bits per heavy atom. The Balaban J connectivity index is 2.15. The van der Waals surface area contributed by atoms with Gasteiger partial charge in [0.1, 0.15) is 0 Å². The third-order valence-corrected chi connectivity index (χ3v) is 4.39. The molecule has 2 rings (SSSR count). The van der Waals surface area contributed by atoms with Gasteiger partial charge in [0, 0.05) is 13.5 Å². The molecule has 0 spiro atoms. The van der Waals surface area contributed by atoms with Crippen molar-refractivity contribution >= 4 is 17.5 Å². The Labute approximate surface area is 149 Å². The number of hydrogen-bond acceptors (Lipinski definition) is 2. The van der Waals surface area contributed by atoms with Crippen LogP contribution in [0.4, 0.5) is 5.69 Å². The molecule has 0 radical (unpaired) electrons. The maximum atomic E-state index is 12.6. The van der Waals surface area contributed by atoms with Crippen LogP contribution in [-0.2, 0) is 4.79 Å². The minimum Gasteiger partial charge on any atom is -0.355 e. The second kappa shape index (κ2) is 8.47. The fourth-order valence-electron chi connectivity index (χ4n) is 2.88. The van der Waals surface area contributed by atoms with Crippen LogP contribution in [0.15, 0.2) is 48.5 Å². The minimum absolute atomic E-state index is 0.0874. The summed E-state index contributed by atoms with van der Waals surface area (Å²) >= 11 is 0. The Morgan fingerprint density at radius 2 is 1.64 bits per heavy atom. The molecule has 2 aromatic rings. The monoisotopic (exact) mass is 338 g/mol. The smallest absolute Gasteiger partial charge is 0.253 e. The van der Waals surface area contributed by atoms with E-state index in [1.807, 2.05) is 6.07 Å². The topological polar surface area (TPSA) is 58.2 Å². The Kier molecular flexibility index (Phi) is 6.34. The van der Waals surface area contributed by atoms with Gasteiger partial charge in [0.15, 0.2) is 0 Å². The zero-order valence-electron chi connectivity index (χ0n) is 15.3. The third-order valence-electron chi connectivity index (χ3n) is 4.39. The second-order valence-corrected chi connectivity index (χ2v) is 6.64. The summed E-state index contributed by atoms with van der Waals surface area (Å²) in [6, 6.07) is 15.4. The molecule has 4 nitrogen and oxygen atoms in total. The van der Waals surface area contributed by atoms with E-state index in [1.165, 1.54) is 5.56 Å². The normalized spacial score (nSPS) is 11.9. The van der Waals surface area contributed by atoms with Crippen LogP contribution in [-0.4, -0.2) is 18.9 Å². The van der Waals surface area contributed by atoms with E-state index in [0.29, 0.717) is 23.6 Å². The fraction of sp³-hybridized carbons (Fsp3) is 0.333. The molecular formula is C21H26N2O2. The molecule has 0 aliphatic heterocycles. The molecule has 0 aliphatic rings. The first kappa shape index (κ1) is 18.7. The molecule has 25 heavy (non-hydrogen) atoms. The SMILES string of the molecule is CNC(=O)c1ccccc1NC(=O)CC(c1ccc(C)cc1)C(C)C. The first-order chi connectivity index (χ1) is 11.9. The number of anilines is 1. The van der Waals surface area contributed by atoms with E-state index in [9.17, 15) is 9.59 Å². The number of carbonyl (C=O) groups excluding carboxylic acids is 2. The average molecular weight is 338 g/mol. The van der Waals surface area contributed by atoms with Gasteiger partial charge in [0.2, 0.25) is 5.91 Å². The highest BCUT2D eigenvalue weighted by Crippen LogP contribution is 2.29. The van der Waals surface area contributed by atoms with Crippen LogP contribution < -0.4 is 10.6 Å². The lowest BCUT2D eigenvalue weighted by Crippen LogP contribution is -2.23. The summed E-state index contributed by atoms with van der Waals surface area (Å²) in [5.74, 6) is 0.167. The van der Waals surface area contributed by atoms with Crippen molar-refractivity contribution in [3.63, 3.8) is 0 Å². The maximum Gasteiger partial charge on any atom is 0.253 e. The summed E-state index contributed by atoms with van der Waals surface area (Å²) in [6.45, 7) is 6.29. The van der Waals surface area contributed by atoms with Crippen LogP contribution >= 0.6 is 0 Å². The van der Waals surface area contributed by atoms with Gasteiger partial charge in [0.05, 0.1) is 11.3 Å². The molecule has 2 N–H and O–H groups in total. The lowest BCUT2D eigenvalue weighted by Gasteiger charge is -2.21. The molecular weight excluding hydrogens is 312 g/mol. The number of para-hydroxylation sites is 1. The molecule has 132 valence electrons. The predicted molar refractivity (Wildman–Crippen MR) is 102 cm³/mol. The van der Waals surface area contributed by atoms with E-state index < -0.39 is 0 Å². The molecule has 0 bridgehead atoms. The number of rotatable bonds is 6. The van der Waals surface area contributed by atoms with Crippen molar-refractivity contribution in [3.05, 3.63) is 65.2 Å². The summed E-state index contributed by atoms with van der Waals surface area (Å²) in [7, 11) is 1.58. The van der Waals surface area contributed by atoms with Crippen LogP contribution in [0.5, 0.6) is 0 Å². The van der Waals surface area contributed by atoms with Gasteiger partial charge in [-0.15, -0.1) is 0 Å². The number of aryl methyl sites for hydroxylation is 1. The van der Waals surface area contributed by atoms with E-state index in [0.717, 1.165) is 5.56 Å². The van der Waals surface area contributed by atoms with Crippen LogP contribution in [0.1, 0.15) is 47.7 Å². The van der Waals surface area contributed by atoms with Crippen molar-refractivity contribution < 1.29 is 9.59 Å². The number of hydrogen-bond donors (Lipinski definition) is 2. The molecule has 2 amide bonds. The standard InChI is InChI=1S/C21H26N2O2/c1-14(2)18(16-11-9-15(3)10-12-16)13-20(24)23-19-8-6-5-7-17(19)21(25)22-4/h5-12,14,18H,13H2,1-4H3,(H,22,25)(H,23,24). The Hall–Kier alpha value is -2.62. The van der Waals surface area contributed by atoms with Gasteiger partial charge in [0.25, 0.3) is 5.91 Å². The van der Waals surface area contributed by atoms with Gasteiger partial charge in [-0.3, -0.25) is 9.59 Å². The van der Waals surface area contributed by atoms with Gasteiger partial charge in [-0.05, 0) is 36.5 Å². The number of nitrogens with one attached hydrogen (secondary N) is 2. The van der Waals surface area contributed by atoms with Crippen molar-refractivity contribution in [1.29, 1.82) is 0 Å². The van der Waals surface area contributed by atoms with E-state index in [-0.39, 0.29) is 17.7 Å². The summed E-state index contributed by atoms with van der Waals surface area (Å²) in [5, 5.41) is 5.49. The van der Waals surface area contributed by atoms with Crippen LogP contribution in [0.25, 0.3) is 0 Å². The van der Waals surface area contributed by atoms with E-state index >= 15 is 0 Å². The summed E-state index contributed by atoms with van der Waals surface area (Å²) in [6.07, 6.45) is 0.378. The maximum absolute atomic E-state index is 12.6. The summed E-state index contributed by atoms with van der Waals surface area (Å²) < 4.78 is 0. The zero-order chi connectivity index (χ0) is 18.4. The van der Waals surface area contributed by atoms with Crippen LogP contribution in [0.2, 0.25) is 0 Å². The highest BCUT2D eigenvalue weighted by atomic mass is 16.2. The van der Waals surface area contributed by atoms with Crippen molar-refractivity contribution in [2.45, 2.75) is 33.1 Å². The average Bonchev–Trinajstić information content (AvgIpc) is 2.60. The van der Waals surface area contributed by atoms with Gasteiger partial charge < -0.3 is 10.6 Å². The molecule has 0 saturated carbocycles. The van der Waals surface area contributed by atoms with Crippen molar-refractivity contribution in [2.24, 2.45) is 5.92 Å². The Bertz CT molecular complexity index is 736. The quantitative estimate of drug-likeness (QED) is 0.832. The number of carbonyl (C=O) groups is 2. The molecule has 0 fully saturated rings. The largest absolute Gasteiger partial charge is 0.355 e. The van der Waals surface area contributed by atoms with E-state index in [4.69, 9.17) is 0 Å². The first-order valence-corrected chi connectivity index (χ1v) is 8.60. The third kappa shape index (κ3) is 4.92. The highest BCUT2D eigenvalue weighted by Gasteiger charge is 2.20. The van der Waals surface area contributed by atoms with Gasteiger partial charge in [-0.1, -0.05) is 55.8 Å². The minimum atomic E-state index is -0.213. The summed E-state index contributed by atoms with van der Waals surface area (Å²) in [4.78, 5) is 24.5. The van der Waals surface area contributed by atoms with Crippen LogP contribution in [0.3, 0.4) is 0 Å². The van der Waals surface area contributed by atoms with Crippen molar-refractivity contribution in [2.75, 3.05) is 12.4 Å². The Morgan fingerprint density at radius 1 is 1.00 bits per heavy atom. The van der Waals surface area contributed by atoms with Crippen LogP contribution in [0, 0.1) is 12.8 Å². The van der Waals surface area contributed by atoms with E-state index in [2.05, 4.69) is 55.7 Å². The predicted octanol–water partition coefficient (Wildman–Crippen LogP) is 4.12. The molecule has 0 aliphatic carbocycles.